The zero-order valence-electron chi connectivity index (χ0n) is 10.3. The second-order valence-corrected chi connectivity index (χ2v) is 4.20. The zero-order valence-corrected chi connectivity index (χ0v) is 10.3. The molecule has 1 aromatic rings. The van der Waals surface area contributed by atoms with Crippen molar-refractivity contribution in [2.45, 2.75) is 39.2 Å². The Morgan fingerprint density at radius 1 is 1.24 bits per heavy atom. The number of nitrogens with zero attached hydrogens (tertiary/aromatic N) is 1. The smallest absolute Gasteiger partial charge is 0.389 e. The van der Waals surface area contributed by atoms with E-state index in [1.807, 2.05) is 24.3 Å². The molecule has 17 heavy (non-hydrogen) atoms. The molecule has 1 aliphatic heterocycles. The van der Waals surface area contributed by atoms with E-state index in [9.17, 15) is 0 Å². The van der Waals surface area contributed by atoms with E-state index in [1.54, 1.807) is 0 Å². The minimum Gasteiger partial charge on any atom is -0.450 e. The summed E-state index contributed by atoms with van der Waals surface area (Å²) in [5.74, 6) is 0. The van der Waals surface area contributed by atoms with Gasteiger partial charge in [0.05, 0.1) is 12.3 Å². The second kappa shape index (κ2) is 6.28. The largest absolute Gasteiger partial charge is 0.450 e. The summed E-state index contributed by atoms with van der Waals surface area (Å²) in [5.41, 5.74) is 2.08. The van der Waals surface area contributed by atoms with E-state index >= 15 is 0 Å². The maximum Gasteiger partial charge on any atom is 0.389 e. The Kier molecular flexibility index (Phi) is 4.42. The van der Waals surface area contributed by atoms with Crippen LogP contribution in [0.4, 0.5) is 5.69 Å². The van der Waals surface area contributed by atoms with Gasteiger partial charge >= 0.3 is 6.08 Å². The fourth-order valence-corrected chi connectivity index (χ4v) is 1.77. The van der Waals surface area contributed by atoms with Crippen LogP contribution in [0.15, 0.2) is 29.3 Å². The molecule has 0 radical (unpaired) electrons. The lowest BCUT2D eigenvalue weighted by Crippen LogP contribution is -2.14. The molecular weight excluding hydrogens is 214 g/mol. The minimum atomic E-state index is 0.417. The fourth-order valence-electron chi connectivity index (χ4n) is 1.77. The van der Waals surface area contributed by atoms with Crippen LogP contribution in [0.25, 0.3) is 0 Å². The maximum absolute atomic E-state index is 5.51. The summed E-state index contributed by atoms with van der Waals surface area (Å²) in [4.78, 5) is 4.34. The SMILES string of the molecule is CCCCCCOC1=Nc2ccccc2CO1. The zero-order chi connectivity index (χ0) is 11.9. The highest BCUT2D eigenvalue weighted by atomic mass is 16.7. The molecule has 2 rings (SSSR count). The van der Waals surface area contributed by atoms with Crippen molar-refractivity contribution in [2.24, 2.45) is 4.99 Å². The van der Waals surface area contributed by atoms with Crippen LogP contribution in [0.2, 0.25) is 0 Å². The molecule has 0 amide bonds. The molecule has 3 nitrogen and oxygen atoms in total. The summed E-state index contributed by atoms with van der Waals surface area (Å²) in [6.45, 7) is 3.46. The third-order valence-electron chi connectivity index (χ3n) is 2.78. The standard InChI is InChI=1S/C14H19NO2/c1-2-3-4-7-10-16-14-15-13-9-6-5-8-12(13)11-17-14/h5-6,8-9H,2-4,7,10-11H2,1H3. The molecule has 0 atom stereocenters. The first-order chi connectivity index (χ1) is 8.40. The van der Waals surface area contributed by atoms with Gasteiger partial charge in [0.15, 0.2) is 0 Å². The van der Waals surface area contributed by atoms with Crippen molar-refractivity contribution in [1.82, 2.24) is 0 Å². The van der Waals surface area contributed by atoms with Crippen LogP contribution in [0.5, 0.6) is 0 Å². The topological polar surface area (TPSA) is 30.8 Å². The van der Waals surface area contributed by atoms with Crippen molar-refractivity contribution >= 4 is 11.8 Å². The molecule has 92 valence electrons. The number of hydrogen-bond donors (Lipinski definition) is 0. The first-order valence-corrected chi connectivity index (χ1v) is 6.32. The predicted octanol–water partition coefficient (Wildman–Crippen LogP) is 3.80. The van der Waals surface area contributed by atoms with Crippen molar-refractivity contribution in [3.05, 3.63) is 29.8 Å². The Morgan fingerprint density at radius 3 is 3.00 bits per heavy atom. The molecule has 0 aliphatic carbocycles. The summed E-state index contributed by atoms with van der Waals surface area (Å²) < 4.78 is 11.0. The quantitative estimate of drug-likeness (QED) is 0.724. The number of aliphatic imine (C=N–C) groups is 1. The number of fused-ring (bicyclic) bond motifs is 1. The van der Waals surface area contributed by atoms with Crippen molar-refractivity contribution in [3.8, 4) is 0 Å². The molecule has 1 heterocycles. The summed E-state index contributed by atoms with van der Waals surface area (Å²) in [7, 11) is 0. The molecule has 0 bridgehead atoms. The van der Waals surface area contributed by atoms with Crippen molar-refractivity contribution < 1.29 is 9.47 Å². The Balaban J connectivity index is 1.81. The Hall–Kier alpha value is -1.51. The molecular formula is C14H19NO2. The first kappa shape index (κ1) is 12.0. The molecule has 0 N–H and O–H groups in total. The van der Waals surface area contributed by atoms with Crippen LogP contribution < -0.4 is 0 Å². The lowest BCUT2D eigenvalue weighted by Gasteiger charge is -2.16. The van der Waals surface area contributed by atoms with Crippen LogP contribution >= 0.6 is 0 Å². The lowest BCUT2D eigenvalue weighted by atomic mass is 10.2. The van der Waals surface area contributed by atoms with Gasteiger partial charge in [-0.25, -0.2) is 0 Å². The van der Waals surface area contributed by atoms with E-state index in [1.165, 1.54) is 19.3 Å². The molecule has 1 aromatic carbocycles. The third kappa shape index (κ3) is 3.48. The molecule has 0 spiro atoms. The molecule has 3 heteroatoms. The summed E-state index contributed by atoms with van der Waals surface area (Å²) in [6, 6.07) is 7.98. The summed E-state index contributed by atoms with van der Waals surface area (Å²) in [5, 5.41) is 0. The van der Waals surface area contributed by atoms with E-state index in [0.717, 1.165) is 17.7 Å². The highest BCUT2D eigenvalue weighted by molar-refractivity contribution is 5.74. The van der Waals surface area contributed by atoms with E-state index in [4.69, 9.17) is 9.47 Å². The summed E-state index contributed by atoms with van der Waals surface area (Å²) in [6.07, 6.45) is 5.20. The normalized spacial score (nSPS) is 13.6. The number of hydrogen-bond acceptors (Lipinski definition) is 3. The van der Waals surface area contributed by atoms with Gasteiger partial charge in [0.2, 0.25) is 0 Å². The van der Waals surface area contributed by atoms with Gasteiger partial charge in [-0.15, -0.1) is 0 Å². The lowest BCUT2D eigenvalue weighted by molar-refractivity contribution is 0.151. The van der Waals surface area contributed by atoms with Gasteiger partial charge in [-0.2, -0.15) is 4.99 Å². The van der Waals surface area contributed by atoms with Crippen LogP contribution in [-0.4, -0.2) is 12.7 Å². The highest BCUT2D eigenvalue weighted by Gasteiger charge is 2.12. The Labute approximate surface area is 102 Å². The van der Waals surface area contributed by atoms with E-state index in [-0.39, 0.29) is 0 Å². The maximum atomic E-state index is 5.51. The van der Waals surface area contributed by atoms with Crippen molar-refractivity contribution in [3.63, 3.8) is 0 Å². The Morgan fingerprint density at radius 2 is 2.12 bits per heavy atom. The van der Waals surface area contributed by atoms with Gasteiger partial charge in [0.1, 0.15) is 6.61 Å². The van der Waals surface area contributed by atoms with Crippen LogP contribution in [0.1, 0.15) is 38.2 Å². The number of rotatable bonds is 5. The van der Waals surface area contributed by atoms with Gasteiger partial charge in [-0.3, -0.25) is 0 Å². The third-order valence-corrected chi connectivity index (χ3v) is 2.78. The molecule has 0 fully saturated rings. The van der Waals surface area contributed by atoms with Crippen LogP contribution in [0, 0.1) is 0 Å². The average molecular weight is 233 g/mol. The van der Waals surface area contributed by atoms with Crippen molar-refractivity contribution in [1.29, 1.82) is 0 Å². The number of ether oxygens (including phenoxy) is 2. The van der Waals surface area contributed by atoms with E-state index in [2.05, 4.69) is 11.9 Å². The van der Waals surface area contributed by atoms with Crippen LogP contribution in [-0.2, 0) is 16.1 Å². The van der Waals surface area contributed by atoms with Gasteiger partial charge in [-0.05, 0) is 12.5 Å². The minimum absolute atomic E-state index is 0.417. The average Bonchev–Trinajstić information content (AvgIpc) is 2.38. The molecule has 0 saturated carbocycles. The summed E-state index contributed by atoms with van der Waals surface area (Å²) >= 11 is 0. The molecule has 0 saturated heterocycles. The monoisotopic (exact) mass is 233 g/mol. The van der Waals surface area contributed by atoms with Gasteiger partial charge in [0.25, 0.3) is 0 Å². The van der Waals surface area contributed by atoms with Gasteiger partial charge < -0.3 is 9.47 Å². The fraction of sp³-hybridized carbons (Fsp3) is 0.500. The molecule has 1 aliphatic rings. The molecule has 0 unspecified atom stereocenters. The van der Waals surface area contributed by atoms with Gasteiger partial charge in [0, 0.05) is 5.56 Å². The van der Waals surface area contributed by atoms with Gasteiger partial charge in [-0.1, -0.05) is 44.4 Å². The number of unbranched alkanes of at least 4 members (excludes halogenated alkanes) is 3. The highest BCUT2D eigenvalue weighted by Crippen LogP contribution is 2.24. The predicted molar refractivity (Wildman–Crippen MR) is 68.4 cm³/mol. The molecule has 0 aromatic heterocycles. The van der Waals surface area contributed by atoms with Crippen LogP contribution in [0.3, 0.4) is 0 Å². The number of benzene rings is 1. The van der Waals surface area contributed by atoms with E-state index in [0.29, 0.717) is 19.3 Å². The van der Waals surface area contributed by atoms with E-state index < -0.39 is 0 Å². The number of para-hydroxylation sites is 1. The Bertz CT molecular complexity index is 388. The second-order valence-electron chi connectivity index (χ2n) is 4.20. The van der Waals surface area contributed by atoms with Crippen molar-refractivity contribution in [2.75, 3.05) is 6.61 Å². The first-order valence-electron chi connectivity index (χ1n) is 6.32.